The molecule has 0 saturated carbocycles. The van der Waals surface area contributed by atoms with Crippen molar-refractivity contribution in [1.82, 2.24) is 4.90 Å². The number of primary sulfonamides is 1. The number of benzene rings is 1. The molecule has 1 aromatic carbocycles. The average Bonchev–Trinajstić information content (AvgIpc) is 2.32. The SMILES string of the molecule is NS(=O)(=O)c1ccc(CN2CCCCC2)c(F)c1. The quantitative estimate of drug-likeness (QED) is 0.906. The van der Waals surface area contributed by atoms with Gasteiger partial charge in [-0.25, -0.2) is 17.9 Å². The molecular weight excluding hydrogens is 255 g/mol. The number of likely N-dealkylation sites (tertiary alicyclic amines) is 1. The number of rotatable bonds is 3. The molecule has 0 aliphatic carbocycles. The van der Waals surface area contributed by atoms with Gasteiger partial charge in [-0.05, 0) is 38.1 Å². The van der Waals surface area contributed by atoms with Crippen molar-refractivity contribution in [3.8, 4) is 0 Å². The molecule has 0 spiro atoms. The number of nitrogens with two attached hydrogens (primary N) is 1. The maximum absolute atomic E-state index is 13.8. The van der Waals surface area contributed by atoms with Gasteiger partial charge in [0.25, 0.3) is 0 Å². The Morgan fingerprint density at radius 1 is 1.22 bits per heavy atom. The van der Waals surface area contributed by atoms with Crippen molar-refractivity contribution in [1.29, 1.82) is 0 Å². The van der Waals surface area contributed by atoms with Gasteiger partial charge < -0.3 is 0 Å². The summed E-state index contributed by atoms with van der Waals surface area (Å²) in [4.78, 5) is 2.00. The summed E-state index contributed by atoms with van der Waals surface area (Å²) in [5.41, 5.74) is 0.518. The number of hydrogen-bond acceptors (Lipinski definition) is 3. The largest absolute Gasteiger partial charge is 0.299 e. The van der Waals surface area contributed by atoms with Crippen LogP contribution in [0.2, 0.25) is 0 Å². The third-order valence-corrected chi connectivity index (χ3v) is 4.11. The number of hydrogen-bond donors (Lipinski definition) is 1. The van der Waals surface area contributed by atoms with Crippen LogP contribution in [0.3, 0.4) is 0 Å². The molecule has 4 nitrogen and oxygen atoms in total. The molecule has 2 rings (SSSR count). The van der Waals surface area contributed by atoms with Gasteiger partial charge in [-0.2, -0.15) is 0 Å². The standard InChI is InChI=1S/C12H17FN2O2S/c13-12-8-11(18(14,16)17)5-4-10(12)9-15-6-2-1-3-7-15/h4-5,8H,1-3,6-7,9H2,(H2,14,16,17). The fourth-order valence-electron chi connectivity index (χ4n) is 2.19. The molecule has 0 atom stereocenters. The number of halogens is 1. The fourth-order valence-corrected chi connectivity index (χ4v) is 2.72. The van der Waals surface area contributed by atoms with Crippen molar-refractivity contribution in [2.75, 3.05) is 13.1 Å². The van der Waals surface area contributed by atoms with Crippen LogP contribution in [0.15, 0.2) is 23.1 Å². The zero-order chi connectivity index (χ0) is 13.2. The van der Waals surface area contributed by atoms with Crippen LogP contribution >= 0.6 is 0 Å². The topological polar surface area (TPSA) is 63.4 Å². The maximum Gasteiger partial charge on any atom is 0.238 e. The lowest BCUT2D eigenvalue weighted by atomic mass is 10.1. The van der Waals surface area contributed by atoms with Gasteiger partial charge in [0.1, 0.15) is 5.82 Å². The third-order valence-electron chi connectivity index (χ3n) is 3.20. The highest BCUT2D eigenvalue weighted by Crippen LogP contribution is 2.18. The van der Waals surface area contributed by atoms with Gasteiger partial charge in [-0.3, -0.25) is 4.90 Å². The van der Waals surface area contributed by atoms with Crippen molar-refractivity contribution in [2.24, 2.45) is 5.14 Å². The van der Waals surface area contributed by atoms with Crippen molar-refractivity contribution < 1.29 is 12.8 Å². The smallest absolute Gasteiger partial charge is 0.238 e. The Bertz CT molecular complexity index is 525. The van der Waals surface area contributed by atoms with Crippen LogP contribution in [0.1, 0.15) is 24.8 Å². The lowest BCUT2D eigenvalue weighted by Crippen LogP contribution is -2.29. The van der Waals surface area contributed by atoms with Crippen LogP contribution in [0, 0.1) is 5.82 Å². The Labute approximate surface area is 107 Å². The molecule has 1 aliphatic rings. The lowest BCUT2D eigenvalue weighted by molar-refractivity contribution is 0.218. The average molecular weight is 272 g/mol. The highest BCUT2D eigenvalue weighted by atomic mass is 32.2. The molecule has 100 valence electrons. The summed E-state index contributed by atoms with van der Waals surface area (Å²) in [7, 11) is -3.83. The molecule has 1 aromatic rings. The van der Waals surface area contributed by atoms with Crippen LogP contribution in [-0.4, -0.2) is 26.4 Å². The summed E-state index contributed by atoms with van der Waals surface area (Å²) in [6.07, 6.45) is 3.50. The Balaban J connectivity index is 2.14. The van der Waals surface area contributed by atoms with E-state index in [1.54, 1.807) is 0 Å². The third kappa shape index (κ3) is 3.28. The van der Waals surface area contributed by atoms with Gasteiger partial charge in [-0.15, -0.1) is 0 Å². The zero-order valence-electron chi connectivity index (χ0n) is 10.1. The molecule has 1 heterocycles. The molecule has 0 aromatic heterocycles. The molecule has 0 bridgehead atoms. The lowest BCUT2D eigenvalue weighted by Gasteiger charge is -2.26. The molecule has 6 heteroatoms. The first-order valence-electron chi connectivity index (χ1n) is 6.00. The van der Waals surface area contributed by atoms with Crippen LogP contribution in [-0.2, 0) is 16.6 Å². The second-order valence-corrected chi connectivity index (χ2v) is 6.20. The Kier molecular flexibility index (Phi) is 3.99. The summed E-state index contributed by atoms with van der Waals surface area (Å²) < 4.78 is 36.0. The van der Waals surface area contributed by atoms with E-state index in [2.05, 4.69) is 4.90 Å². The number of sulfonamides is 1. The molecule has 0 amide bonds. The van der Waals surface area contributed by atoms with E-state index in [1.807, 2.05) is 0 Å². The zero-order valence-corrected chi connectivity index (χ0v) is 10.9. The molecule has 0 unspecified atom stereocenters. The molecule has 0 radical (unpaired) electrons. The van der Waals surface area contributed by atoms with Crippen molar-refractivity contribution in [3.63, 3.8) is 0 Å². The van der Waals surface area contributed by atoms with E-state index < -0.39 is 15.8 Å². The number of piperidine rings is 1. The highest BCUT2D eigenvalue weighted by molar-refractivity contribution is 7.89. The van der Waals surface area contributed by atoms with Gasteiger partial charge in [0, 0.05) is 12.1 Å². The van der Waals surface area contributed by atoms with Crippen molar-refractivity contribution in [2.45, 2.75) is 30.7 Å². The normalized spacial score (nSPS) is 17.9. The molecule has 1 saturated heterocycles. The van der Waals surface area contributed by atoms with E-state index in [0.717, 1.165) is 32.0 Å². The Hall–Kier alpha value is -0.980. The van der Waals surface area contributed by atoms with Gasteiger partial charge in [-0.1, -0.05) is 12.5 Å². The summed E-state index contributed by atoms with van der Waals surface area (Å²) in [6, 6.07) is 3.86. The Morgan fingerprint density at radius 3 is 2.44 bits per heavy atom. The predicted octanol–water partition coefficient (Wildman–Crippen LogP) is 1.46. The monoisotopic (exact) mass is 272 g/mol. The fraction of sp³-hybridized carbons (Fsp3) is 0.500. The molecule has 1 aliphatic heterocycles. The molecule has 2 N–H and O–H groups in total. The highest BCUT2D eigenvalue weighted by Gasteiger charge is 2.15. The minimum Gasteiger partial charge on any atom is -0.299 e. The van der Waals surface area contributed by atoms with Crippen LogP contribution in [0.25, 0.3) is 0 Å². The van der Waals surface area contributed by atoms with Gasteiger partial charge >= 0.3 is 0 Å². The van der Waals surface area contributed by atoms with Gasteiger partial charge in [0.2, 0.25) is 10.0 Å². The number of nitrogens with zero attached hydrogens (tertiary/aromatic N) is 1. The maximum atomic E-state index is 13.8. The Morgan fingerprint density at radius 2 is 1.89 bits per heavy atom. The second-order valence-electron chi connectivity index (χ2n) is 4.64. The first-order valence-corrected chi connectivity index (χ1v) is 7.55. The summed E-state index contributed by atoms with van der Waals surface area (Å²) >= 11 is 0. The summed E-state index contributed by atoms with van der Waals surface area (Å²) in [6.45, 7) is 2.46. The molecular formula is C12H17FN2O2S. The molecule has 18 heavy (non-hydrogen) atoms. The van der Waals surface area contributed by atoms with Gasteiger partial charge in [0.15, 0.2) is 0 Å². The van der Waals surface area contributed by atoms with Crippen molar-refractivity contribution >= 4 is 10.0 Å². The first kappa shape index (κ1) is 13.5. The minimum absolute atomic E-state index is 0.178. The first-order chi connectivity index (χ1) is 8.47. The summed E-state index contributed by atoms with van der Waals surface area (Å²) in [5, 5.41) is 4.96. The van der Waals surface area contributed by atoms with Crippen LogP contribution < -0.4 is 5.14 Å². The molecule has 1 fully saturated rings. The van der Waals surface area contributed by atoms with Gasteiger partial charge in [0.05, 0.1) is 4.90 Å². The van der Waals surface area contributed by atoms with E-state index >= 15 is 0 Å². The van der Waals surface area contributed by atoms with E-state index in [4.69, 9.17) is 5.14 Å². The minimum atomic E-state index is -3.83. The summed E-state index contributed by atoms with van der Waals surface area (Å²) in [5.74, 6) is -0.507. The van der Waals surface area contributed by atoms with E-state index in [-0.39, 0.29) is 4.90 Å². The predicted molar refractivity (Wildman–Crippen MR) is 66.9 cm³/mol. The van der Waals surface area contributed by atoms with Crippen LogP contribution in [0.5, 0.6) is 0 Å². The van der Waals surface area contributed by atoms with Crippen LogP contribution in [0.4, 0.5) is 4.39 Å². The van der Waals surface area contributed by atoms with E-state index in [1.165, 1.54) is 18.6 Å². The van der Waals surface area contributed by atoms with Crippen molar-refractivity contribution in [3.05, 3.63) is 29.6 Å². The second kappa shape index (κ2) is 5.34. The van der Waals surface area contributed by atoms with E-state index in [0.29, 0.717) is 12.1 Å². The van der Waals surface area contributed by atoms with E-state index in [9.17, 15) is 12.8 Å².